The van der Waals surface area contributed by atoms with Crippen molar-refractivity contribution >= 4 is 5.97 Å². The van der Waals surface area contributed by atoms with E-state index >= 15 is 0 Å². The molecule has 0 aromatic heterocycles. The summed E-state index contributed by atoms with van der Waals surface area (Å²) in [4.78, 5) is 12.6. The molecule has 1 saturated carbocycles. The second kappa shape index (κ2) is 7.40. The normalized spacial score (nSPS) is 35.3. The Labute approximate surface area is 158 Å². The molecule has 5 nitrogen and oxygen atoms in total. The summed E-state index contributed by atoms with van der Waals surface area (Å²) >= 11 is 0. The molecule has 2 heterocycles. The summed E-state index contributed by atoms with van der Waals surface area (Å²) in [7, 11) is 0. The van der Waals surface area contributed by atoms with Crippen LogP contribution in [-0.2, 0) is 19.0 Å². The van der Waals surface area contributed by atoms with Gasteiger partial charge in [0, 0.05) is 23.9 Å². The molecule has 5 heteroatoms. The molecule has 26 heavy (non-hydrogen) atoms. The van der Waals surface area contributed by atoms with Crippen molar-refractivity contribution in [2.45, 2.75) is 115 Å². The number of rotatable bonds is 4. The largest absolute Gasteiger partial charge is 0.460 e. The minimum absolute atomic E-state index is 0.0525. The molecule has 2 aliphatic heterocycles. The van der Waals surface area contributed by atoms with Gasteiger partial charge < -0.3 is 19.5 Å². The fourth-order valence-electron chi connectivity index (χ4n) is 5.46. The Bertz CT molecular complexity index is 492. The summed E-state index contributed by atoms with van der Waals surface area (Å²) in [6.45, 7) is 11.2. The molecule has 0 bridgehead atoms. The molecule has 0 radical (unpaired) electrons. The highest BCUT2D eigenvalue weighted by Gasteiger charge is 2.54. The van der Waals surface area contributed by atoms with Gasteiger partial charge in [-0.2, -0.15) is 0 Å². The molecule has 1 aliphatic carbocycles. The molecule has 0 aromatic rings. The van der Waals surface area contributed by atoms with Crippen LogP contribution in [-0.4, -0.2) is 41.6 Å². The molecule has 1 unspecified atom stereocenters. The minimum Gasteiger partial charge on any atom is -0.460 e. The Morgan fingerprint density at radius 3 is 2.27 bits per heavy atom. The van der Waals surface area contributed by atoms with Gasteiger partial charge in [-0.3, -0.25) is 0 Å². The van der Waals surface area contributed by atoms with Crippen LogP contribution in [0.15, 0.2) is 0 Å². The molecule has 1 spiro atoms. The first-order chi connectivity index (χ1) is 12.1. The van der Waals surface area contributed by atoms with Crippen molar-refractivity contribution in [1.82, 2.24) is 5.32 Å². The lowest BCUT2D eigenvalue weighted by Crippen LogP contribution is -2.64. The Morgan fingerprint density at radius 1 is 1.08 bits per heavy atom. The predicted molar refractivity (Wildman–Crippen MR) is 101 cm³/mol. The number of hydrogen-bond acceptors (Lipinski definition) is 5. The average molecular weight is 368 g/mol. The molecule has 150 valence electrons. The maximum absolute atomic E-state index is 12.6. The number of esters is 1. The zero-order valence-electron chi connectivity index (χ0n) is 17.2. The van der Waals surface area contributed by atoms with E-state index in [-0.39, 0.29) is 23.2 Å². The quantitative estimate of drug-likeness (QED) is 0.763. The number of nitrogens with one attached hydrogen (secondary N) is 1. The second-order valence-electron chi connectivity index (χ2n) is 9.94. The van der Waals surface area contributed by atoms with E-state index < -0.39 is 11.9 Å². The third-order valence-corrected chi connectivity index (χ3v) is 5.99. The van der Waals surface area contributed by atoms with Crippen LogP contribution in [0, 0.1) is 5.92 Å². The lowest BCUT2D eigenvalue weighted by atomic mass is 9.78. The Balaban J connectivity index is 1.53. The fourth-order valence-corrected chi connectivity index (χ4v) is 5.46. The fraction of sp³-hybridized carbons (Fsp3) is 0.952. The molecule has 1 N–H and O–H groups in total. The van der Waals surface area contributed by atoms with Crippen LogP contribution < -0.4 is 5.32 Å². The molecule has 3 aliphatic rings. The third-order valence-electron chi connectivity index (χ3n) is 5.99. The number of carbonyl (C=O) groups excluding carboxylic acids is 1. The Kier molecular flexibility index (Phi) is 5.72. The number of piperidine rings is 1. The van der Waals surface area contributed by atoms with E-state index in [1.807, 2.05) is 0 Å². The standard InChI is InChI=1S/C21H37NO4/c1-6-7-15-8-10-16(11-9-15)25-18(23)17-12-24-21(26-17)13-19(2,3)22-20(4,5)14-21/h15-17,22H,6-14H2,1-5H3. The highest BCUT2D eigenvalue weighted by Crippen LogP contribution is 2.43. The summed E-state index contributed by atoms with van der Waals surface area (Å²) in [6, 6.07) is 0. The van der Waals surface area contributed by atoms with Gasteiger partial charge in [-0.15, -0.1) is 0 Å². The first kappa shape index (κ1) is 20.1. The van der Waals surface area contributed by atoms with Crippen molar-refractivity contribution in [2.75, 3.05) is 6.61 Å². The second-order valence-corrected chi connectivity index (χ2v) is 9.94. The topological polar surface area (TPSA) is 56.8 Å². The van der Waals surface area contributed by atoms with E-state index in [2.05, 4.69) is 39.9 Å². The molecule has 0 aromatic carbocycles. The minimum atomic E-state index is -0.680. The molecule has 1 atom stereocenters. The highest BCUT2D eigenvalue weighted by molar-refractivity contribution is 5.75. The van der Waals surface area contributed by atoms with Gasteiger partial charge in [-0.05, 0) is 59.3 Å². The van der Waals surface area contributed by atoms with Crippen molar-refractivity contribution in [1.29, 1.82) is 0 Å². The van der Waals surface area contributed by atoms with Crippen molar-refractivity contribution < 1.29 is 19.0 Å². The molecular formula is C21H37NO4. The summed E-state index contributed by atoms with van der Waals surface area (Å²) in [5.41, 5.74) is -0.198. The van der Waals surface area contributed by atoms with Crippen LogP contribution in [0.3, 0.4) is 0 Å². The van der Waals surface area contributed by atoms with Crippen LogP contribution in [0.5, 0.6) is 0 Å². The van der Waals surface area contributed by atoms with Gasteiger partial charge in [0.1, 0.15) is 6.10 Å². The number of hydrogen-bond donors (Lipinski definition) is 1. The molecule has 3 fully saturated rings. The Morgan fingerprint density at radius 2 is 1.69 bits per heavy atom. The van der Waals surface area contributed by atoms with Crippen molar-refractivity contribution in [3.63, 3.8) is 0 Å². The molecule has 3 rings (SSSR count). The van der Waals surface area contributed by atoms with Gasteiger partial charge in [-0.1, -0.05) is 19.8 Å². The summed E-state index contributed by atoms with van der Waals surface area (Å²) in [6.07, 6.45) is 7.78. The first-order valence-corrected chi connectivity index (χ1v) is 10.4. The SMILES string of the molecule is CCCC1CCC(OC(=O)C2COC3(CC(C)(C)NC(C)(C)C3)O2)CC1. The van der Waals surface area contributed by atoms with Crippen LogP contribution in [0.1, 0.15) is 86.0 Å². The zero-order chi connectivity index (χ0) is 19.0. The van der Waals surface area contributed by atoms with E-state index in [4.69, 9.17) is 14.2 Å². The van der Waals surface area contributed by atoms with Crippen LogP contribution >= 0.6 is 0 Å². The van der Waals surface area contributed by atoms with E-state index in [1.165, 1.54) is 25.7 Å². The summed E-state index contributed by atoms with van der Waals surface area (Å²) in [5.74, 6) is -0.112. The average Bonchev–Trinajstić information content (AvgIpc) is 2.89. The van der Waals surface area contributed by atoms with Gasteiger partial charge in [0.15, 0.2) is 11.9 Å². The van der Waals surface area contributed by atoms with Crippen LogP contribution in [0.25, 0.3) is 0 Å². The van der Waals surface area contributed by atoms with E-state index in [0.717, 1.165) is 31.6 Å². The first-order valence-electron chi connectivity index (χ1n) is 10.4. The third kappa shape index (κ3) is 4.79. The van der Waals surface area contributed by atoms with Gasteiger partial charge in [0.25, 0.3) is 0 Å². The van der Waals surface area contributed by atoms with Crippen molar-refractivity contribution in [3.8, 4) is 0 Å². The van der Waals surface area contributed by atoms with Gasteiger partial charge in [0.05, 0.1) is 6.61 Å². The lowest BCUT2D eigenvalue weighted by Gasteiger charge is -2.50. The molecular weight excluding hydrogens is 330 g/mol. The predicted octanol–water partition coefficient (Wildman–Crippen LogP) is 3.94. The van der Waals surface area contributed by atoms with E-state index in [1.54, 1.807) is 0 Å². The number of ether oxygens (including phenoxy) is 3. The highest BCUT2D eigenvalue weighted by atomic mass is 16.8. The summed E-state index contributed by atoms with van der Waals surface area (Å²) in [5, 5.41) is 3.63. The lowest BCUT2D eigenvalue weighted by molar-refractivity contribution is -0.219. The zero-order valence-corrected chi connectivity index (χ0v) is 17.2. The molecule has 2 saturated heterocycles. The van der Waals surface area contributed by atoms with Gasteiger partial charge >= 0.3 is 5.97 Å². The summed E-state index contributed by atoms with van der Waals surface area (Å²) < 4.78 is 18.0. The Hall–Kier alpha value is -0.650. The number of carbonyl (C=O) groups is 1. The van der Waals surface area contributed by atoms with E-state index in [0.29, 0.717) is 6.61 Å². The van der Waals surface area contributed by atoms with Crippen molar-refractivity contribution in [2.24, 2.45) is 5.92 Å². The van der Waals surface area contributed by atoms with Crippen molar-refractivity contribution in [3.05, 3.63) is 0 Å². The van der Waals surface area contributed by atoms with Gasteiger partial charge in [0.2, 0.25) is 0 Å². The van der Waals surface area contributed by atoms with Gasteiger partial charge in [-0.25, -0.2) is 4.79 Å². The monoisotopic (exact) mass is 367 g/mol. The van der Waals surface area contributed by atoms with Crippen LogP contribution in [0.2, 0.25) is 0 Å². The van der Waals surface area contributed by atoms with E-state index in [9.17, 15) is 4.79 Å². The smallest absolute Gasteiger partial charge is 0.338 e. The maximum atomic E-state index is 12.6. The maximum Gasteiger partial charge on any atom is 0.338 e. The molecule has 0 amide bonds. The van der Waals surface area contributed by atoms with Crippen LogP contribution in [0.4, 0.5) is 0 Å².